The third-order valence-electron chi connectivity index (χ3n) is 6.30. The highest BCUT2D eigenvalue weighted by Gasteiger charge is 2.30. The van der Waals surface area contributed by atoms with E-state index in [-0.39, 0.29) is 19.2 Å². The van der Waals surface area contributed by atoms with Crippen molar-refractivity contribution >= 4 is 34.4 Å². The molecule has 0 amide bonds. The summed E-state index contributed by atoms with van der Waals surface area (Å²) in [4.78, 5) is 13.2. The minimum atomic E-state index is -0.130. The van der Waals surface area contributed by atoms with E-state index in [0.717, 1.165) is 38.9 Å². The molecule has 2 aliphatic rings. The summed E-state index contributed by atoms with van der Waals surface area (Å²) in [5.74, 6) is 2.00. The van der Waals surface area contributed by atoms with E-state index in [9.17, 15) is 4.79 Å². The van der Waals surface area contributed by atoms with Gasteiger partial charge in [-0.15, -0.1) is 0 Å². The Hall–Kier alpha value is -3.74. The van der Waals surface area contributed by atoms with Gasteiger partial charge in [0, 0.05) is 51.9 Å². The van der Waals surface area contributed by atoms with Crippen molar-refractivity contribution < 1.29 is 23.7 Å². The van der Waals surface area contributed by atoms with Crippen molar-refractivity contribution in [1.82, 2.24) is 4.57 Å². The molecule has 3 heterocycles. The van der Waals surface area contributed by atoms with Crippen molar-refractivity contribution in [2.24, 2.45) is 7.05 Å². The number of benzene rings is 3. The van der Waals surface area contributed by atoms with Crippen LogP contribution < -0.4 is 14.2 Å². The predicted octanol–water partition coefficient (Wildman–Crippen LogP) is 6.20. The summed E-state index contributed by atoms with van der Waals surface area (Å²) < 4.78 is 25.2. The van der Waals surface area contributed by atoms with E-state index >= 15 is 0 Å². The van der Waals surface area contributed by atoms with Crippen LogP contribution in [0.1, 0.15) is 32.6 Å². The summed E-state index contributed by atoms with van der Waals surface area (Å²) in [6, 6.07) is 15.3. The zero-order valence-electron chi connectivity index (χ0n) is 19.3. The Morgan fingerprint density at radius 3 is 2.91 bits per heavy atom. The summed E-state index contributed by atoms with van der Waals surface area (Å²) in [7, 11) is 1.99. The molecule has 35 heavy (non-hydrogen) atoms. The van der Waals surface area contributed by atoms with E-state index in [2.05, 4.69) is 0 Å². The van der Waals surface area contributed by atoms with Crippen LogP contribution in [0.5, 0.6) is 17.2 Å². The number of hydrogen-bond acceptors (Lipinski definition) is 5. The van der Waals surface area contributed by atoms with E-state index in [1.54, 1.807) is 6.07 Å². The average molecular weight is 488 g/mol. The molecule has 0 saturated heterocycles. The number of hydrogen-bond donors (Lipinski definition) is 0. The summed E-state index contributed by atoms with van der Waals surface area (Å²) in [5, 5.41) is 1.66. The van der Waals surface area contributed by atoms with Gasteiger partial charge in [-0.2, -0.15) is 0 Å². The molecule has 0 spiro atoms. The van der Waals surface area contributed by atoms with Crippen LogP contribution in [0.3, 0.4) is 0 Å². The Balaban J connectivity index is 1.28. The van der Waals surface area contributed by atoms with Gasteiger partial charge in [-0.25, -0.2) is 0 Å². The summed E-state index contributed by atoms with van der Waals surface area (Å²) in [6.45, 7) is 2.78. The van der Waals surface area contributed by atoms with Crippen LogP contribution >= 0.6 is 11.6 Å². The molecule has 3 aromatic carbocycles. The molecule has 0 atom stereocenters. The quantitative estimate of drug-likeness (QED) is 0.321. The number of nitrogens with zero attached hydrogens (tertiary/aromatic N) is 1. The second-order valence-corrected chi connectivity index (χ2v) is 9.15. The molecule has 0 bridgehead atoms. The fourth-order valence-corrected chi connectivity index (χ4v) is 4.98. The van der Waals surface area contributed by atoms with Crippen LogP contribution in [0, 0.1) is 6.92 Å². The third kappa shape index (κ3) is 3.85. The fraction of sp³-hybridized carbons (Fsp3) is 0.179. The normalized spacial score (nSPS) is 15.6. The van der Waals surface area contributed by atoms with Gasteiger partial charge < -0.3 is 23.5 Å². The topological polar surface area (TPSA) is 58.9 Å². The fourth-order valence-electron chi connectivity index (χ4n) is 4.72. The first-order valence-corrected chi connectivity index (χ1v) is 11.6. The Labute approximate surface area is 207 Å². The molecule has 0 saturated carbocycles. The van der Waals surface area contributed by atoms with Crippen LogP contribution in [0.2, 0.25) is 5.02 Å². The number of halogens is 1. The second kappa shape index (κ2) is 8.48. The molecule has 6 nitrogen and oxygen atoms in total. The number of allylic oxidation sites excluding steroid dienone is 1. The monoisotopic (exact) mass is 487 g/mol. The number of carbonyl (C=O) groups excluding carboxylic acids is 1. The minimum absolute atomic E-state index is 0.130. The highest BCUT2D eigenvalue weighted by molar-refractivity contribution is 6.30. The molecule has 7 heteroatoms. The largest absolute Gasteiger partial charge is 0.489 e. The van der Waals surface area contributed by atoms with Gasteiger partial charge in [0.2, 0.25) is 5.78 Å². The van der Waals surface area contributed by atoms with Crippen molar-refractivity contribution in [2.45, 2.75) is 20.1 Å². The van der Waals surface area contributed by atoms with Crippen molar-refractivity contribution in [3.63, 3.8) is 0 Å². The molecule has 0 unspecified atom stereocenters. The van der Waals surface area contributed by atoms with E-state index in [4.69, 9.17) is 30.5 Å². The smallest absolute Gasteiger partial charge is 0.232 e. The van der Waals surface area contributed by atoms with Crippen molar-refractivity contribution in [3.05, 3.63) is 93.3 Å². The van der Waals surface area contributed by atoms with E-state index in [0.29, 0.717) is 34.5 Å². The van der Waals surface area contributed by atoms with Gasteiger partial charge in [0.25, 0.3) is 0 Å². The molecular weight excluding hydrogens is 466 g/mol. The van der Waals surface area contributed by atoms with Crippen molar-refractivity contribution in [3.8, 4) is 17.2 Å². The highest BCUT2D eigenvalue weighted by Crippen LogP contribution is 2.39. The molecule has 176 valence electrons. The van der Waals surface area contributed by atoms with Crippen LogP contribution in [-0.4, -0.2) is 17.1 Å². The molecule has 2 aliphatic heterocycles. The van der Waals surface area contributed by atoms with Gasteiger partial charge in [0.15, 0.2) is 12.6 Å². The number of rotatable bonds is 4. The Morgan fingerprint density at radius 2 is 2.03 bits per heavy atom. The highest BCUT2D eigenvalue weighted by atomic mass is 35.5. The predicted molar refractivity (Wildman–Crippen MR) is 133 cm³/mol. The second-order valence-electron chi connectivity index (χ2n) is 8.72. The maximum absolute atomic E-state index is 13.2. The van der Waals surface area contributed by atoms with Crippen LogP contribution in [-0.2, 0) is 25.0 Å². The average Bonchev–Trinajstić information content (AvgIpc) is 3.34. The lowest BCUT2D eigenvalue weighted by molar-refractivity contribution is -0.0175. The Morgan fingerprint density at radius 1 is 1.17 bits per heavy atom. The van der Waals surface area contributed by atoms with E-state index in [1.807, 2.05) is 73.3 Å². The SMILES string of the molecule is Cc1cc(OCc2cc(Cl)cc3c2OCOC3)cc2c1C(=O)/C(=C/c1cn(C)c3ccccc13)O2. The van der Waals surface area contributed by atoms with Crippen LogP contribution in [0.25, 0.3) is 17.0 Å². The summed E-state index contributed by atoms with van der Waals surface area (Å²) >= 11 is 6.27. The number of aromatic nitrogens is 1. The first-order valence-electron chi connectivity index (χ1n) is 11.3. The molecule has 0 N–H and O–H groups in total. The Kier molecular flexibility index (Phi) is 5.28. The first kappa shape index (κ1) is 21.8. The number of Topliss-reactive ketones (excluding diaryl/α,β-unsaturated/α-hetero) is 1. The lowest BCUT2D eigenvalue weighted by Crippen LogP contribution is -2.14. The lowest BCUT2D eigenvalue weighted by atomic mass is 10.0. The van der Waals surface area contributed by atoms with Crippen LogP contribution in [0.4, 0.5) is 0 Å². The van der Waals surface area contributed by atoms with Gasteiger partial charge in [-0.1, -0.05) is 29.8 Å². The van der Waals surface area contributed by atoms with Crippen molar-refractivity contribution in [1.29, 1.82) is 0 Å². The Bertz CT molecular complexity index is 1530. The molecule has 1 aromatic heterocycles. The molecule has 4 aromatic rings. The standard InChI is InChI=1S/C28H22ClNO5/c1-16-7-21(33-14-19-9-20(29)8-18-13-32-15-34-28(18)19)11-24-26(16)27(31)25(35-24)10-17-12-30(2)23-6-4-3-5-22(17)23/h3-12H,13-15H2,1-2H3/b25-10-. The van der Waals surface area contributed by atoms with Gasteiger partial charge in [-0.3, -0.25) is 4.79 Å². The maximum Gasteiger partial charge on any atom is 0.232 e. The molecule has 0 aliphatic carbocycles. The van der Waals surface area contributed by atoms with E-state index < -0.39 is 0 Å². The van der Waals surface area contributed by atoms with Gasteiger partial charge in [0.05, 0.1) is 12.2 Å². The maximum atomic E-state index is 13.2. The van der Waals surface area contributed by atoms with Gasteiger partial charge in [0.1, 0.15) is 23.9 Å². The molecule has 0 fully saturated rings. The van der Waals surface area contributed by atoms with Gasteiger partial charge >= 0.3 is 0 Å². The minimum Gasteiger partial charge on any atom is -0.489 e. The zero-order chi connectivity index (χ0) is 24.1. The van der Waals surface area contributed by atoms with Crippen molar-refractivity contribution in [2.75, 3.05) is 6.79 Å². The third-order valence-corrected chi connectivity index (χ3v) is 6.52. The number of carbonyl (C=O) groups is 1. The van der Waals surface area contributed by atoms with E-state index in [1.165, 1.54) is 0 Å². The summed E-state index contributed by atoms with van der Waals surface area (Å²) in [6.07, 6.45) is 3.81. The molecular formula is C28H22ClNO5. The number of ketones is 1. The number of ether oxygens (including phenoxy) is 4. The molecule has 6 rings (SSSR count). The van der Waals surface area contributed by atoms with Gasteiger partial charge in [-0.05, 0) is 42.8 Å². The molecule has 0 radical (unpaired) electrons. The lowest BCUT2D eigenvalue weighted by Gasteiger charge is -2.21. The summed E-state index contributed by atoms with van der Waals surface area (Å²) in [5.41, 5.74) is 5.11. The number of aryl methyl sites for hydroxylation is 2. The number of fused-ring (bicyclic) bond motifs is 3. The zero-order valence-corrected chi connectivity index (χ0v) is 20.0. The number of para-hydroxylation sites is 1. The first-order chi connectivity index (χ1) is 17.0. The van der Waals surface area contributed by atoms with Crippen LogP contribution in [0.15, 0.2) is 60.5 Å².